The van der Waals surface area contributed by atoms with Crippen LogP contribution in [-0.4, -0.2) is 25.9 Å². The van der Waals surface area contributed by atoms with Gasteiger partial charge in [0.2, 0.25) is 5.91 Å². The molecule has 0 saturated carbocycles. The summed E-state index contributed by atoms with van der Waals surface area (Å²) in [5, 5.41) is 12.4. The highest BCUT2D eigenvalue weighted by Gasteiger charge is 2.25. The molecule has 4 rings (SSSR count). The molecule has 1 aromatic heterocycles. The van der Waals surface area contributed by atoms with Gasteiger partial charge in [0, 0.05) is 5.02 Å². The van der Waals surface area contributed by atoms with Crippen molar-refractivity contribution in [3.63, 3.8) is 0 Å². The minimum absolute atomic E-state index is 0.00680. The van der Waals surface area contributed by atoms with Crippen molar-refractivity contribution in [3.8, 4) is 5.69 Å². The molecule has 7 heteroatoms. The lowest BCUT2D eigenvalue weighted by molar-refractivity contribution is -0.121. The van der Waals surface area contributed by atoms with E-state index in [0.717, 1.165) is 24.9 Å². The number of hydrogen-bond acceptors (Lipinski definition) is 4. The van der Waals surface area contributed by atoms with Crippen LogP contribution in [0.3, 0.4) is 0 Å². The number of thioether (sulfide) groups is 1. The predicted octanol–water partition coefficient (Wildman–Crippen LogP) is 4.60. The number of hydrogen-bond donors (Lipinski definition) is 1. The van der Waals surface area contributed by atoms with Gasteiger partial charge in [-0.2, -0.15) is 0 Å². The second-order valence-electron chi connectivity index (χ2n) is 6.88. The molecule has 5 nitrogen and oxygen atoms in total. The van der Waals surface area contributed by atoms with Gasteiger partial charge >= 0.3 is 0 Å². The van der Waals surface area contributed by atoms with Crippen LogP contribution in [0.2, 0.25) is 5.02 Å². The largest absolute Gasteiger partial charge is 0.348 e. The number of aromatic nitrogens is 3. The Labute approximate surface area is 173 Å². The molecule has 2 aromatic carbocycles. The minimum Gasteiger partial charge on any atom is -0.348 e. The first-order chi connectivity index (χ1) is 13.6. The summed E-state index contributed by atoms with van der Waals surface area (Å²) in [7, 11) is 0. The maximum Gasteiger partial charge on any atom is 0.233 e. The summed E-state index contributed by atoms with van der Waals surface area (Å²) in [6.45, 7) is 1.89. The Kier molecular flexibility index (Phi) is 5.69. The molecule has 0 saturated heterocycles. The van der Waals surface area contributed by atoms with Gasteiger partial charge in [-0.3, -0.25) is 9.36 Å². The van der Waals surface area contributed by atoms with Gasteiger partial charge in [0.15, 0.2) is 5.16 Å². The summed E-state index contributed by atoms with van der Waals surface area (Å²) >= 11 is 7.48. The molecule has 1 aliphatic rings. The molecule has 3 aromatic rings. The summed E-state index contributed by atoms with van der Waals surface area (Å²) in [6.07, 6.45) is 4.77. The average Bonchev–Trinajstić information content (AvgIpc) is 3.16. The first kappa shape index (κ1) is 19.0. The Balaban J connectivity index is 1.46. The Hall–Kier alpha value is -2.31. The molecular weight excluding hydrogens is 392 g/mol. The molecule has 0 fully saturated rings. The summed E-state index contributed by atoms with van der Waals surface area (Å²) in [5.74, 6) is 0.00680. The number of aryl methyl sites for hydroxylation is 1. The van der Waals surface area contributed by atoms with E-state index in [0.29, 0.717) is 10.2 Å². The van der Waals surface area contributed by atoms with Crippen molar-refractivity contribution in [2.45, 2.75) is 42.6 Å². The van der Waals surface area contributed by atoms with Crippen molar-refractivity contribution in [1.82, 2.24) is 20.1 Å². The molecule has 0 bridgehead atoms. The lowest BCUT2D eigenvalue weighted by Gasteiger charge is -2.27. The number of amides is 1. The minimum atomic E-state index is -0.295. The quantitative estimate of drug-likeness (QED) is 0.622. The first-order valence-corrected chi connectivity index (χ1v) is 10.6. The average molecular weight is 413 g/mol. The number of benzene rings is 2. The summed E-state index contributed by atoms with van der Waals surface area (Å²) in [4.78, 5) is 12.8. The summed E-state index contributed by atoms with van der Waals surface area (Å²) in [6, 6.07) is 15.9. The Morgan fingerprint density at radius 1 is 1.29 bits per heavy atom. The van der Waals surface area contributed by atoms with Gasteiger partial charge in [0.1, 0.15) is 6.33 Å². The normalized spacial score (nSPS) is 17.0. The number of carbonyl (C=O) groups excluding carboxylic acids is 1. The molecule has 0 spiro atoms. The third-order valence-corrected chi connectivity index (χ3v) is 6.23. The highest BCUT2D eigenvalue weighted by atomic mass is 35.5. The number of nitrogens with one attached hydrogen (secondary N) is 1. The van der Waals surface area contributed by atoms with Crippen LogP contribution in [-0.2, 0) is 11.2 Å². The predicted molar refractivity (Wildman–Crippen MR) is 112 cm³/mol. The van der Waals surface area contributed by atoms with Crippen LogP contribution in [0.15, 0.2) is 60.0 Å². The van der Waals surface area contributed by atoms with Crippen LogP contribution in [0.1, 0.15) is 36.9 Å². The molecule has 28 heavy (non-hydrogen) atoms. The lowest BCUT2D eigenvalue weighted by atomic mass is 9.88. The van der Waals surface area contributed by atoms with Gasteiger partial charge in [-0.05, 0) is 55.5 Å². The van der Waals surface area contributed by atoms with E-state index in [2.05, 4.69) is 33.7 Å². The molecule has 1 heterocycles. The monoisotopic (exact) mass is 412 g/mol. The number of fused-ring (bicyclic) bond motifs is 1. The highest BCUT2D eigenvalue weighted by molar-refractivity contribution is 8.00. The van der Waals surface area contributed by atoms with E-state index in [-0.39, 0.29) is 17.2 Å². The molecular formula is C21H21ClN4OS. The van der Waals surface area contributed by atoms with E-state index in [1.807, 2.05) is 41.8 Å². The van der Waals surface area contributed by atoms with Crippen LogP contribution >= 0.6 is 23.4 Å². The van der Waals surface area contributed by atoms with Crippen molar-refractivity contribution in [3.05, 3.63) is 71.0 Å². The molecule has 1 amide bonds. The molecule has 2 atom stereocenters. The SMILES string of the molecule is CC(Sc1nncn1-c1cccc(Cl)c1)C(=O)NC1CCCc2ccccc21. The van der Waals surface area contributed by atoms with Crippen molar-refractivity contribution >= 4 is 29.3 Å². The van der Waals surface area contributed by atoms with Gasteiger partial charge in [-0.25, -0.2) is 0 Å². The van der Waals surface area contributed by atoms with E-state index < -0.39 is 0 Å². The van der Waals surface area contributed by atoms with Gasteiger partial charge in [0.25, 0.3) is 0 Å². The maximum atomic E-state index is 12.8. The van der Waals surface area contributed by atoms with Gasteiger partial charge in [0.05, 0.1) is 17.0 Å². The zero-order chi connectivity index (χ0) is 19.5. The van der Waals surface area contributed by atoms with Crippen molar-refractivity contribution in [2.75, 3.05) is 0 Å². The standard InChI is InChI=1S/C21H21ClN4OS/c1-14(20(27)24-19-11-4-7-15-6-2-3-10-18(15)19)28-21-25-23-13-26(21)17-9-5-8-16(22)12-17/h2-3,5-6,8-10,12-14,19H,4,7,11H2,1H3,(H,24,27). The maximum absolute atomic E-state index is 12.8. The molecule has 0 radical (unpaired) electrons. The second-order valence-corrected chi connectivity index (χ2v) is 8.62. The summed E-state index contributed by atoms with van der Waals surface area (Å²) < 4.78 is 1.84. The molecule has 1 N–H and O–H groups in total. The second kappa shape index (κ2) is 8.37. The third-order valence-electron chi connectivity index (χ3n) is 4.94. The zero-order valence-corrected chi connectivity index (χ0v) is 17.1. The number of halogens is 1. The fourth-order valence-electron chi connectivity index (χ4n) is 3.51. The number of rotatable bonds is 5. The first-order valence-electron chi connectivity index (χ1n) is 9.32. The Morgan fingerprint density at radius 3 is 3.00 bits per heavy atom. The van der Waals surface area contributed by atoms with E-state index in [1.54, 1.807) is 6.33 Å². The topological polar surface area (TPSA) is 59.8 Å². The zero-order valence-electron chi connectivity index (χ0n) is 15.5. The van der Waals surface area contributed by atoms with Crippen molar-refractivity contribution < 1.29 is 4.79 Å². The fourth-order valence-corrected chi connectivity index (χ4v) is 4.55. The van der Waals surface area contributed by atoms with E-state index in [4.69, 9.17) is 11.6 Å². The Bertz CT molecular complexity index is 990. The van der Waals surface area contributed by atoms with Gasteiger partial charge < -0.3 is 5.32 Å². The molecule has 0 aliphatic heterocycles. The summed E-state index contributed by atoms with van der Waals surface area (Å²) in [5.41, 5.74) is 3.44. The van der Waals surface area contributed by atoms with Crippen LogP contribution in [0, 0.1) is 0 Å². The number of carbonyl (C=O) groups is 1. The molecule has 2 unspecified atom stereocenters. The van der Waals surface area contributed by atoms with E-state index in [1.165, 1.54) is 22.9 Å². The van der Waals surface area contributed by atoms with Crippen LogP contribution in [0.4, 0.5) is 0 Å². The van der Waals surface area contributed by atoms with Gasteiger partial charge in [-0.15, -0.1) is 10.2 Å². The smallest absolute Gasteiger partial charge is 0.233 e. The lowest BCUT2D eigenvalue weighted by Crippen LogP contribution is -2.36. The molecule has 144 valence electrons. The van der Waals surface area contributed by atoms with Crippen LogP contribution in [0.5, 0.6) is 0 Å². The van der Waals surface area contributed by atoms with Crippen LogP contribution < -0.4 is 5.32 Å². The fraction of sp³-hybridized carbons (Fsp3) is 0.286. The van der Waals surface area contributed by atoms with Gasteiger partial charge in [-0.1, -0.05) is 53.7 Å². The van der Waals surface area contributed by atoms with E-state index >= 15 is 0 Å². The molecule has 1 aliphatic carbocycles. The Morgan fingerprint density at radius 2 is 2.14 bits per heavy atom. The van der Waals surface area contributed by atoms with Crippen LogP contribution in [0.25, 0.3) is 5.69 Å². The van der Waals surface area contributed by atoms with Crippen molar-refractivity contribution in [2.24, 2.45) is 0 Å². The third kappa shape index (κ3) is 4.08. The van der Waals surface area contributed by atoms with E-state index in [9.17, 15) is 4.79 Å². The number of nitrogens with zero attached hydrogens (tertiary/aromatic N) is 3. The highest BCUT2D eigenvalue weighted by Crippen LogP contribution is 2.31. The van der Waals surface area contributed by atoms with Crippen molar-refractivity contribution in [1.29, 1.82) is 0 Å².